The molecule has 0 spiro atoms. The Kier molecular flexibility index (Phi) is 5.68. The van der Waals surface area contributed by atoms with Gasteiger partial charge >= 0.3 is 0 Å². The predicted octanol–water partition coefficient (Wildman–Crippen LogP) is 2.39. The Hall–Kier alpha value is -2.10. The second-order valence-electron chi connectivity index (χ2n) is 6.07. The summed E-state index contributed by atoms with van der Waals surface area (Å²) < 4.78 is 0. The molecule has 1 saturated heterocycles. The Labute approximate surface area is 148 Å². The van der Waals surface area contributed by atoms with Gasteiger partial charge in [-0.05, 0) is 35.9 Å². The van der Waals surface area contributed by atoms with E-state index in [1.54, 1.807) is 24.3 Å². The van der Waals surface area contributed by atoms with Crippen molar-refractivity contribution in [2.75, 3.05) is 32.7 Å². The molecule has 1 aliphatic rings. The van der Waals surface area contributed by atoms with Crippen LogP contribution in [0.2, 0.25) is 5.02 Å². The highest BCUT2D eigenvalue weighted by molar-refractivity contribution is 6.30. The first-order chi connectivity index (χ1) is 11.7. The molecule has 1 amide bonds. The highest BCUT2D eigenvalue weighted by Gasteiger charge is 2.23. The van der Waals surface area contributed by atoms with E-state index in [1.807, 2.05) is 23.1 Å². The summed E-state index contributed by atoms with van der Waals surface area (Å²) in [7, 11) is 0. The molecule has 0 bridgehead atoms. The molecule has 0 atom stereocenters. The fourth-order valence-electron chi connectivity index (χ4n) is 2.93. The molecule has 1 heterocycles. The summed E-state index contributed by atoms with van der Waals surface area (Å²) in [5.74, 6) is 0.102. The molecule has 0 radical (unpaired) electrons. The van der Waals surface area contributed by atoms with Crippen LogP contribution in [-0.2, 0) is 0 Å². The zero-order chi connectivity index (χ0) is 16.8. The summed E-state index contributed by atoms with van der Waals surface area (Å²) in [6.45, 7) is 4.57. The molecule has 0 unspecified atom stereocenters. The summed E-state index contributed by atoms with van der Waals surface area (Å²) in [4.78, 5) is 15.9. The van der Waals surface area contributed by atoms with Crippen molar-refractivity contribution >= 4 is 23.6 Å². The molecule has 1 fully saturated rings. The molecule has 24 heavy (non-hydrogen) atoms. The quantitative estimate of drug-likeness (QED) is 0.907. The standard InChI is InChI=1S/C20H21ClN2O/c21-19-10-8-18(9-11-19)20(24)23-15-13-22(14-16-23)12-4-7-17-5-2-1-3-6-17/h1-11H,12-16H2/p+1/b7-4+. The van der Waals surface area contributed by atoms with Crippen molar-refractivity contribution in [3.05, 3.63) is 76.8 Å². The molecule has 3 rings (SSSR count). The minimum atomic E-state index is 0.102. The Bertz CT molecular complexity index is 689. The van der Waals surface area contributed by atoms with Gasteiger partial charge < -0.3 is 9.80 Å². The van der Waals surface area contributed by atoms with Crippen molar-refractivity contribution in [2.45, 2.75) is 0 Å². The van der Waals surface area contributed by atoms with Crippen LogP contribution in [0.1, 0.15) is 15.9 Å². The fraction of sp³-hybridized carbons (Fsp3) is 0.250. The van der Waals surface area contributed by atoms with Crippen LogP contribution in [0.25, 0.3) is 6.08 Å². The lowest BCUT2D eigenvalue weighted by Crippen LogP contribution is -3.14. The van der Waals surface area contributed by atoms with E-state index >= 15 is 0 Å². The lowest BCUT2D eigenvalue weighted by molar-refractivity contribution is -0.898. The molecule has 4 heteroatoms. The van der Waals surface area contributed by atoms with E-state index in [0.717, 1.165) is 32.7 Å². The first-order valence-electron chi connectivity index (χ1n) is 8.32. The summed E-state index contributed by atoms with van der Waals surface area (Å²) in [5.41, 5.74) is 1.94. The van der Waals surface area contributed by atoms with Crippen LogP contribution in [0.15, 0.2) is 60.7 Å². The van der Waals surface area contributed by atoms with Crippen molar-refractivity contribution < 1.29 is 9.69 Å². The number of amides is 1. The number of halogens is 1. The lowest BCUT2D eigenvalue weighted by Gasteiger charge is -2.31. The van der Waals surface area contributed by atoms with E-state index in [1.165, 1.54) is 10.5 Å². The number of nitrogens with zero attached hydrogens (tertiary/aromatic N) is 1. The number of hydrogen-bond donors (Lipinski definition) is 1. The number of rotatable bonds is 4. The third kappa shape index (κ3) is 4.47. The maximum absolute atomic E-state index is 12.5. The van der Waals surface area contributed by atoms with Crippen molar-refractivity contribution in [1.29, 1.82) is 0 Å². The van der Waals surface area contributed by atoms with Gasteiger partial charge in [-0.2, -0.15) is 0 Å². The molecule has 2 aromatic carbocycles. The summed E-state index contributed by atoms with van der Waals surface area (Å²) in [6.07, 6.45) is 4.39. The van der Waals surface area contributed by atoms with Gasteiger partial charge in [-0.3, -0.25) is 4.79 Å². The second kappa shape index (κ2) is 8.13. The van der Waals surface area contributed by atoms with Crippen LogP contribution in [-0.4, -0.2) is 43.5 Å². The van der Waals surface area contributed by atoms with Crippen LogP contribution >= 0.6 is 11.6 Å². The smallest absolute Gasteiger partial charge is 0.254 e. The van der Waals surface area contributed by atoms with Crippen LogP contribution in [0.4, 0.5) is 0 Å². The third-order valence-electron chi connectivity index (χ3n) is 4.37. The number of quaternary nitrogens is 1. The van der Waals surface area contributed by atoms with Crippen molar-refractivity contribution in [2.24, 2.45) is 0 Å². The number of piperazine rings is 1. The van der Waals surface area contributed by atoms with E-state index in [0.29, 0.717) is 10.6 Å². The largest absolute Gasteiger partial charge is 0.329 e. The molecule has 0 aromatic heterocycles. The topological polar surface area (TPSA) is 24.8 Å². The third-order valence-corrected chi connectivity index (χ3v) is 4.62. The minimum absolute atomic E-state index is 0.102. The van der Waals surface area contributed by atoms with Gasteiger partial charge in [-0.25, -0.2) is 0 Å². The van der Waals surface area contributed by atoms with Gasteiger partial charge in [-0.15, -0.1) is 0 Å². The molecule has 0 saturated carbocycles. The average Bonchev–Trinajstić information content (AvgIpc) is 2.63. The second-order valence-corrected chi connectivity index (χ2v) is 6.50. The number of benzene rings is 2. The highest BCUT2D eigenvalue weighted by atomic mass is 35.5. The molecule has 3 nitrogen and oxygen atoms in total. The highest BCUT2D eigenvalue weighted by Crippen LogP contribution is 2.11. The Morgan fingerprint density at radius 3 is 2.38 bits per heavy atom. The predicted molar refractivity (Wildman–Crippen MR) is 98.4 cm³/mol. The van der Waals surface area contributed by atoms with Gasteiger partial charge in [-0.1, -0.05) is 48.0 Å². The van der Waals surface area contributed by atoms with E-state index in [9.17, 15) is 4.79 Å². The maximum atomic E-state index is 12.5. The first kappa shape index (κ1) is 16.7. The molecular formula is C20H22ClN2O+. The molecule has 1 aliphatic heterocycles. The van der Waals surface area contributed by atoms with Crippen LogP contribution in [0, 0.1) is 0 Å². The van der Waals surface area contributed by atoms with E-state index < -0.39 is 0 Å². The SMILES string of the molecule is O=C(c1ccc(Cl)cc1)N1CC[NH+](C/C=C/c2ccccc2)CC1. The maximum Gasteiger partial charge on any atom is 0.254 e. The molecular weight excluding hydrogens is 320 g/mol. The molecule has 124 valence electrons. The van der Waals surface area contributed by atoms with E-state index in [2.05, 4.69) is 24.3 Å². The Balaban J connectivity index is 1.48. The Morgan fingerprint density at radius 1 is 1.04 bits per heavy atom. The van der Waals surface area contributed by atoms with Gasteiger partial charge in [0.25, 0.3) is 5.91 Å². The van der Waals surface area contributed by atoms with Gasteiger partial charge in [0.15, 0.2) is 0 Å². The van der Waals surface area contributed by atoms with Gasteiger partial charge in [0.2, 0.25) is 0 Å². The molecule has 0 aliphatic carbocycles. The van der Waals surface area contributed by atoms with Gasteiger partial charge in [0, 0.05) is 10.6 Å². The zero-order valence-corrected chi connectivity index (χ0v) is 14.4. The van der Waals surface area contributed by atoms with E-state index in [-0.39, 0.29) is 5.91 Å². The van der Waals surface area contributed by atoms with Crippen LogP contribution in [0.5, 0.6) is 0 Å². The summed E-state index contributed by atoms with van der Waals surface area (Å²) in [6, 6.07) is 17.5. The summed E-state index contributed by atoms with van der Waals surface area (Å²) >= 11 is 5.88. The first-order valence-corrected chi connectivity index (χ1v) is 8.70. The minimum Gasteiger partial charge on any atom is -0.329 e. The summed E-state index contributed by atoms with van der Waals surface area (Å²) in [5, 5.41) is 0.658. The van der Waals surface area contributed by atoms with Gasteiger partial charge in [0.1, 0.15) is 0 Å². The molecule has 1 N–H and O–H groups in total. The number of nitrogens with one attached hydrogen (secondary N) is 1. The number of hydrogen-bond acceptors (Lipinski definition) is 1. The molecule has 2 aromatic rings. The van der Waals surface area contributed by atoms with Crippen molar-refractivity contribution in [3.63, 3.8) is 0 Å². The number of carbonyl (C=O) groups is 1. The normalized spacial score (nSPS) is 15.8. The van der Waals surface area contributed by atoms with Crippen molar-refractivity contribution in [1.82, 2.24) is 4.90 Å². The van der Waals surface area contributed by atoms with Crippen LogP contribution in [0.3, 0.4) is 0 Å². The average molecular weight is 342 g/mol. The van der Waals surface area contributed by atoms with Crippen LogP contribution < -0.4 is 4.90 Å². The monoisotopic (exact) mass is 341 g/mol. The van der Waals surface area contributed by atoms with Crippen molar-refractivity contribution in [3.8, 4) is 0 Å². The van der Waals surface area contributed by atoms with E-state index in [4.69, 9.17) is 11.6 Å². The lowest BCUT2D eigenvalue weighted by atomic mass is 10.2. The zero-order valence-electron chi connectivity index (χ0n) is 13.6. The Morgan fingerprint density at radius 2 is 1.71 bits per heavy atom. The fourth-order valence-corrected chi connectivity index (χ4v) is 3.06. The van der Waals surface area contributed by atoms with Gasteiger partial charge in [0.05, 0.1) is 32.7 Å². The number of carbonyl (C=O) groups excluding carboxylic acids is 1.